The van der Waals surface area contributed by atoms with Crippen LogP contribution in [-0.4, -0.2) is 24.7 Å². The van der Waals surface area contributed by atoms with Gasteiger partial charge in [-0.15, -0.1) is 0 Å². The van der Waals surface area contributed by atoms with E-state index in [4.69, 9.17) is 4.74 Å². The highest BCUT2D eigenvalue weighted by atomic mass is 32.2. The van der Waals surface area contributed by atoms with Crippen molar-refractivity contribution in [3.8, 4) is 5.75 Å². The van der Waals surface area contributed by atoms with Gasteiger partial charge in [0.15, 0.2) is 0 Å². The maximum atomic E-state index is 5.23. The van der Waals surface area contributed by atoms with Crippen molar-refractivity contribution in [2.24, 2.45) is 5.92 Å². The summed E-state index contributed by atoms with van der Waals surface area (Å²) in [5.74, 6) is 2.76. The van der Waals surface area contributed by atoms with Gasteiger partial charge in [0.2, 0.25) is 0 Å². The van der Waals surface area contributed by atoms with Gasteiger partial charge in [-0.2, -0.15) is 11.8 Å². The average molecular weight is 295 g/mol. The monoisotopic (exact) mass is 295 g/mol. The minimum absolute atomic E-state index is 0.423. The highest BCUT2D eigenvalue weighted by Gasteiger charge is 2.14. The molecule has 1 aromatic carbocycles. The quantitative estimate of drug-likeness (QED) is 0.724. The lowest BCUT2D eigenvalue weighted by Gasteiger charge is -2.22. The van der Waals surface area contributed by atoms with Crippen molar-refractivity contribution in [1.29, 1.82) is 0 Å². The number of benzene rings is 1. The van der Waals surface area contributed by atoms with Gasteiger partial charge in [0, 0.05) is 17.0 Å². The van der Waals surface area contributed by atoms with Gasteiger partial charge < -0.3 is 10.1 Å². The fourth-order valence-electron chi connectivity index (χ4n) is 1.87. The topological polar surface area (TPSA) is 21.3 Å². The first kappa shape index (κ1) is 17.4. The van der Waals surface area contributed by atoms with Gasteiger partial charge in [-0.25, -0.2) is 0 Å². The molecule has 20 heavy (non-hydrogen) atoms. The molecule has 3 heteroatoms. The Kier molecular flexibility index (Phi) is 8.08. The number of rotatable bonds is 9. The number of nitrogens with one attached hydrogen (secondary N) is 1. The van der Waals surface area contributed by atoms with E-state index < -0.39 is 0 Å². The molecule has 0 aliphatic carbocycles. The van der Waals surface area contributed by atoms with Crippen LogP contribution in [0.15, 0.2) is 24.3 Å². The predicted octanol–water partition coefficient (Wildman–Crippen LogP) is 4.51. The van der Waals surface area contributed by atoms with Crippen LogP contribution in [0.3, 0.4) is 0 Å². The third-order valence-corrected chi connectivity index (χ3v) is 5.22. The summed E-state index contributed by atoms with van der Waals surface area (Å²) < 4.78 is 5.23. The molecular formula is C17H29NOS. The summed E-state index contributed by atoms with van der Waals surface area (Å²) in [7, 11) is 1.71. The summed E-state index contributed by atoms with van der Waals surface area (Å²) in [5, 5.41) is 4.35. The second-order valence-corrected chi connectivity index (χ2v) is 6.97. The minimum atomic E-state index is 0.423. The number of hydrogen-bond acceptors (Lipinski definition) is 3. The van der Waals surface area contributed by atoms with Crippen molar-refractivity contribution in [2.45, 2.75) is 45.4 Å². The van der Waals surface area contributed by atoms with Crippen molar-refractivity contribution in [1.82, 2.24) is 5.32 Å². The summed E-state index contributed by atoms with van der Waals surface area (Å²) in [6.07, 6.45) is 1.16. The van der Waals surface area contributed by atoms with E-state index in [9.17, 15) is 0 Å². The summed E-state index contributed by atoms with van der Waals surface area (Å²) in [5.41, 5.74) is 1.35. The fourth-order valence-corrected chi connectivity index (χ4v) is 3.06. The molecule has 0 spiro atoms. The molecule has 0 amide bonds. The molecule has 1 rings (SSSR count). The number of hydrogen-bond donors (Lipinski definition) is 1. The molecule has 0 aliphatic rings. The maximum absolute atomic E-state index is 5.23. The van der Waals surface area contributed by atoms with Crippen LogP contribution in [0.5, 0.6) is 5.75 Å². The smallest absolute Gasteiger partial charge is 0.118 e. The van der Waals surface area contributed by atoms with E-state index in [2.05, 4.69) is 56.9 Å². The average Bonchev–Trinajstić information content (AvgIpc) is 2.47. The fraction of sp³-hybridized carbons (Fsp3) is 0.647. The Labute approximate surface area is 128 Å². The van der Waals surface area contributed by atoms with E-state index in [1.807, 2.05) is 12.1 Å². The Morgan fingerprint density at radius 3 is 2.30 bits per heavy atom. The van der Waals surface area contributed by atoms with E-state index in [1.54, 1.807) is 7.11 Å². The molecule has 0 radical (unpaired) electrons. The van der Waals surface area contributed by atoms with E-state index in [-0.39, 0.29) is 0 Å². The molecule has 0 saturated carbocycles. The predicted molar refractivity (Wildman–Crippen MR) is 90.8 cm³/mol. The first-order valence-electron chi connectivity index (χ1n) is 7.57. The Balaban J connectivity index is 2.66. The molecule has 1 N–H and O–H groups in total. The van der Waals surface area contributed by atoms with Gasteiger partial charge in [0.1, 0.15) is 5.75 Å². The Morgan fingerprint density at radius 2 is 1.80 bits per heavy atom. The summed E-state index contributed by atoms with van der Waals surface area (Å²) >= 11 is 2.05. The number of methoxy groups -OCH3 is 1. The lowest BCUT2D eigenvalue weighted by atomic mass is 10.1. The van der Waals surface area contributed by atoms with Crippen molar-refractivity contribution in [3.63, 3.8) is 0 Å². The maximum Gasteiger partial charge on any atom is 0.118 e. The molecule has 0 aromatic heterocycles. The van der Waals surface area contributed by atoms with Gasteiger partial charge >= 0.3 is 0 Å². The van der Waals surface area contributed by atoms with E-state index in [0.717, 1.165) is 30.4 Å². The second kappa shape index (κ2) is 9.30. The molecule has 1 aromatic rings. The van der Waals surface area contributed by atoms with Crippen LogP contribution >= 0.6 is 11.8 Å². The van der Waals surface area contributed by atoms with Crippen molar-refractivity contribution in [2.75, 3.05) is 19.4 Å². The van der Waals surface area contributed by atoms with Gasteiger partial charge in [0.05, 0.1) is 7.11 Å². The van der Waals surface area contributed by atoms with Crippen molar-refractivity contribution < 1.29 is 4.74 Å². The van der Waals surface area contributed by atoms with Crippen LogP contribution < -0.4 is 10.1 Å². The molecule has 0 heterocycles. The zero-order valence-electron chi connectivity index (χ0n) is 13.5. The van der Waals surface area contributed by atoms with Crippen LogP contribution in [0.25, 0.3) is 0 Å². The third-order valence-electron chi connectivity index (χ3n) is 3.62. The Morgan fingerprint density at radius 1 is 1.15 bits per heavy atom. The first-order chi connectivity index (χ1) is 9.58. The number of thioether (sulfide) groups is 1. The molecule has 2 nitrogen and oxygen atoms in total. The first-order valence-corrected chi connectivity index (χ1v) is 8.62. The molecule has 0 aliphatic heterocycles. The lowest BCUT2D eigenvalue weighted by molar-refractivity contribution is 0.414. The normalized spacial score (nSPS) is 14.3. The molecule has 0 fully saturated rings. The van der Waals surface area contributed by atoms with E-state index in [0.29, 0.717) is 11.3 Å². The van der Waals surface area contributed by atoms with Crippen LogP contribution in [0.4, 0.5) is 0 Å². The highest BCUT2D eigenvalue weighted by Crippen LogP contribution is 2.26. The summed E-state index contributed by atoms with van der Waals surface area (Å²) in [4.78, 5) is 0. The largest absolute Gasteiger partial charge is 0.497 e. The molecular weight excluding hydrogens is 266 g/mol. The summed E-state index contributed by atoms with van der Waals surface area (Å²) in [6, 6.07) is 8.87. The SMILES string of the molecule is CCCNC(CSC(C)C(C)C)c1ccc(OC)cc1. The van der Waals surface area contributed by atoms with Gasteiger partial charge in [-0.3, -0.25) is 0 Å². The van der Waals surface area contributed by atoms with Gasteiger partial charge in [-0.1, -0.05) is 39.8 Å². The van der Waals surface area contributed by atoms with Crippen molar-refractivity contribution in [3.05, 3.63) is 29.8 Å². The number of ether oxygens (including phenoxy) is 1. The van der Waals surface area contributed by atoms with E-state index in [1.165, 1.54) is 5.56 Å². The van der Waals surface area contributed by atoms with Crippen LogP contribution in [0.2, 0.25) is 0 Å². The third kappa shape index (κ3) is 5.76. The molecule has 0 saturated heterocycles. The Bertz CT molecular complexity index is 364. The lowest BCUT2D eigenvalue weighted by Crippen LogP contribution is -2.25. The Hall–Kier alpha value is -0.670. The molecule has 2 atom stereocenters. The summed E-state index contributed by atoms with van der Waals surface area (Å²) in [6.45, 7) is 10.2. The highest BCUT2D eigenvalue weighted by molar-refractivity contribution is 7.99. The van der Waals surface area contributed by atoms with Crippen molar-refractivity contribution >= 4 is 11.8 Å². The zero-order valence-corrected chi connectivity index (χ0v) is 14.3. The zero-order chi connectivity index (χ0) is 15.0. The van der Waals surface area contributed by atoms with Crippen LogP contribution in [0, 0.1) is 5.92 Å². The molecule has 0 bridgehead atoms. The molecule has 2 unspecified atom stereocenters. The standard InChI is InChI=1S/C17H29NOS/c1-6-11-18-17(12-20-14(4)13(2)3)15-7-9-16(19-5)10-8-15/h7-10,13-14,17-18H,6,11-12H2,1-5H3. The van der Waals surface area contributed by atoms with Crippen LogP contribution in [0.1, 0.15) is 45.7 Å². The minimum Gasteiger partial charge on any atom is -0.497 e. The van der Waals surface area contributed by atoms with Gasteiger partial charge in [0.25, 0.3) is 0 Å². The van der Waals surface area contributed by atoms with E-state index >= 15 is 0 Å². The molecule has 114 valence electrons. The van der Waals surface area contributed by atoms with Gasteiger partial charge in [-0.05, 0) is 36.6 Å². The second-order valence-electron chi connectivity index (χ2n) is 5.56. The van der Waals surface area contributed by atoms with Crippen LogP contribution in [-0.2, 0) is 0 Å².